The van der Waals surface area contributed by atoms with Gasteiger partial charge in [-0.15, -0.1) is 0 Å². The Labute approximate surface area is 129 Å². The van der Waals surface area contributed by atoms with Gasteiger partial charge in [-0.25, -0.2) is 0 Å². The van der Waals surface area contributed by atoms with Crippen molar-refractivity contribution in [2.75, 3.05) is 24.5 Å². The van der Waals surface area contributed by atoms with Gasteiger partial charge in [-0.05, 0) is 19.3 Å². The number of pyridine rings is 1. The van der Waals surface area contributed by atoms with Gasteiger partial charge in [0.15, 0.2) is 0 Å². The van der Waals surface area contributed by atoms with E-state index < -0.39 is 0 Å². The molecule has 0 aliphatic carbocycles. The second-order valence-electron chi connectivity index (χ2n) is 5.00. The maximum atomic E-state index is 11.9. The third-order valence-electron chi connectivity index (χ3n) is 3.56. The van der Waals surface area contributed by atoms with Crippen molar-refractivity contribution in [3.8, 4) is 0 Å². The quantitative estimate of drug-likeness (QED) is 0.928. The number of hydrogen-bond acceptors (Lipinski definition) is 3. The number of rotatable bonds is 4. The molecular weight excluding hydrogens is 297 g/mol. The number of anilines is 1. The molecule has 4 nitrogen and oxygen atoms in total. The summed E-state index contributed by atoms with van der Waals surface area (Å²) in [4.78, 5) is 18.0. The molecule has 1 aromatic heterocycles. The third-order valence-corrected chi connectivity index (χ3v) is 4.11. The fourth-order valence-electron chi connectivity index (χ4n) is 2.46. The van der Waals surface area contributed by atoms with E-state index in [1.54, 1.807) is 12.4 Å². The Kier molecular flexibility index (Phi) is 5.49. The number of nitrogens with zero attached hydrogens (tertiary/aromatic N) is 2. The lowest BCUT2D eigenvalue weighted by atomic mass is 9.95. The predicted molar refractivity (Wildman–Crippen MR) is 82.5 cm³/mol. The fraction of sp³-hybridized carbons (Fsp3) is 0.571. The summed E-state index contributed by atoms with van der Waals surface area (Å²) >= 11 is 12.3. The van der Waals surface area contributed by atoms with Crippen molar-refractivity contribution in [3.05, 3.63) is 22.4 Å². The van der Waals surface area contributed by atoms with Crippen molar-refractivity contribution in [3.63, 3.8) is 0 Å². The number of piperidine rings is 1. The zero-order chi connectivity index (χ0) is 14.5. The Morgan fingerprint density at radius 3 is 2.50 bits per heavy atom. The molecular formula is C14H19Cl2N3O. The Morgan fingerprint density at radius 2 is 1.95 bits per heavy atom. The van der Waals surface area contributed by atoms with Crippen LogP contribution in [0.1, 0.15) is 26.2 Å². The molecule has 1 amide bonds. The number of amides is 1. The highest BCUT2D eigenvalue weighted by molar-refractivity contribution is 6.38. The van der Waals surface area contributed by atoms with Gasteiger partial charge < -0.3 is 10.2 Å². The number of hydrogen-bond donors (Lipinski definition) is 1. The van der Waals surface area contributed by atoms with Gasteiger partial charge in [0.05, 0.1) is 15.7 Å². The summed E-state index contributed by atoms with van der Waals surface area (Å²) in [5.41, 5.74) is 0.829. The van der Waals surface area contributed by atoms with Gasteiger partial charge in [0.25, 0.3) is 0 Å². The van der Waals surface area contributed by atoms with E-state index in [0.29, 0.717) is 10.0 Å². The Hall–Kier alpha value is -1.00. The number of aromatic nitrogens is 1. The van der Waals surface area contributed by atoms with E-state index in [1.807, 2.05) is 0 Å². The molecule has 1 aromatic rings. The van der Waals surface area contributed by atoms with E-state index in [9.17, 15) is 4.79 Å². The normalized spacial score (nSPS) is 16.2. The molecule has 0 unspecified atom stereocenters. The zero-order valence-electron chi connectivity index (χ0n) is 11.5. The van der Waals surface area contributed by atoms with Crippen LogP contribution in [0.5, 0.6) is 0 Å². The maximum Gasteiger partial charge on any atom is 0.223 e. The smallest absolute Gasteiger partial charge is 0.223 e. The Bertz CT molecular complexity index is 453. The highest BCUT2D eigenvalue weighted by atomic mass is 35.5. The maximum absolute atomic E-state index is 11.9. The molecule has 1 aliphatic rings. The molecule has 0 aromatic carbocycles. The van der Waals surface area contributed by atoms with Gasteiger partial charge in [0.1, 0.15) is 0 Å². The summed E-state index contributed by atoms with van der Waals surface area (Å²) in [7, 11) is 0. The van der Waals surface area contributed by atoms with E-state index in [-0.39, 0.29) is 11.8 Å². The second kappa shape index (κ2) is 7.14. The molecule has 20 heavy (non-hydrogen) atoms. The third kappa shape index (κ3) is 3.55. The molecule has 1 N–H and O–H groups in total. The minimum Gasteiger partial charge on any atom is -0.369 e. The number of halogens is 2. The van der Waals surface area contributed by atoms with Crippen molar-refractivity contribution in [1.82, 2.24) is 10.3 Å². The largest absolute Gasteiger partial charge is 0.369 e. The molecule has 6 heteroatoms. The second-order valence-corrected chi connectivity index (χ2v) is 5.82. The number of carbonyl (C=O) groups is 1. The van der Waals surface area contributed by atoms with Crippen LogP contribution in [0.25, 0.3) is 0 Å². The average molecular weight is 316 g/mol. The van der Waals surface area contributed by atoms with Crippen LogP contribution in [0.3, 0.4) is 0 Å². The number of nitrogens with one attached hydrogen (secondary N) is 1. The molecule has 0 bridgehead atoms. The van der Waals surface area contributed by atoms with Crippen molar-refractivity contribution < 1.29 is 4.79 Å². The van der Waals surface area contributed by atoms with Gasteiger partial charge in [0, 0.05) is 37.9 Å². The molecule has 0 atom stereocenters. The van der Waals surface area contributed by atoms with Crippen LogP contribution in [0, 0.1) is 5.92 Å². The van der Waals surface area contributed by atoms with Gasteiger partial charge in [-0.1, -0.05) is 30.1 Å². The summed E-state index contributed by atoms with van der Waals surface area (Å²) in [5, 5.41) is 4.08. The summed E-state index contributed by atoms with van der Waals surface area (Å²) in [5.74, 6) is 0.260. The van der Waals surface area contributed by atoms with Crippen molar-refractivity contribution in [2.45, 2.75) is 26.2 Å². The predicted octanol–water partition coefficient (Wildman–Crippen LogP) is 3.13. The van der Waals surface area contributed by atoms with Gasteiger partial charge >= 0.3 is 0 Å². The highest BCUT2D eigenvalue weighted by Crippen LogP contribution is 2.34. The van der Waals surface area contributed by atoms with Crippen molar-refractivity contribution in [2.24, 2.45) is 5.92 Å². The molecule has 2 rings (SSSR count). The van der Waals surface area contributed by atoms with Gasteiger partial charge in [-0.3, -0.25) is 9.78 Å². The molecule has 110 valence electrons. The number of carbonyl (C=O) groups excluding carboxylic acids is 1. The van der Waals surface area contributed by atoms with E-state index in [1.165, 1.54) is 0 Å². The van der Waals surface area contributed by atoms with Crippen LogP contribution < -0.4 is 10.2 Å². The lowest BCUT2D eigenvalue weighted by molar-refractivity contribution is -0.125. The fourth-order valence-corrected chi connectivity index (χ4v) is 3.07. The molecule has 1 fully saturated rings. The molecule has 0 spiro atoms. The first kappa shape index (κ1) is 15.4. The molecule has 0 saturated carbocycles. The monoisotopic (exact) mass is 315 g/mol. The van der Waals surface area contributed by atoms with E-state index >= 15 is 0 Å². The van der Waals surface area contributed by atoms with Crippen molar-refractivity contribution >= 4 is 34.8 Å². The zero-order valence-corrected chi connectivity index (χ0v) is 13.0. The first-order chi connectivity index (χ1) is 9.63. The first-order valence-electron chi connectivity index (χ1n) is 6.95. The van der Waals surface area contributed by atoms with Crippen LogP contribution in [0.15, 0.2) is 12.4 Å². The van der Waals surface area contributed by atoms with Crippen LogP contribution in [0.4, 0.5) is 5.69 Å². The summed E-state index contributed by atoms with van der Waals surface area (Å²) in [6.45, 7) is 4.37. The standard InChI is InChI=1S/C14H19Cl2N3O/c1-2-5-18-14(20)10-3-6-19(7-4-10)13-11(15)8-17-9-12(13)16/h8-10H,2-7H2,1H3,(H,18,20). The Morgan fingerprint density at radius 1 is 1.35 bits per heavy atom. The van der Waals surface area contributed by atoms with Crippen LogP contribution in [0.2, 0.25) is 10.0 Å². The molecule has 2 heterocycles. The summed E-state index contributed by atoms with van der Waals surface area (Å²) < 4.78 is 0. The average Bonchev–Trinajstić information content (AvgIpc) is 2.45. The highest BCUT2D eigenvalue weighted by Gasteiger charge is 2.26. The lowest BCUT2D eigenvalue weighted by Crippen LogP contribution is -2.41. The van der Waals surface area contributed by atoms with E-state index in [0.717, 1.165) is 44.6 Å². The summed E-state index contributed by atoms with van der Waals surface area (Å²) in [6.07, 6.45) is 5.81. The van der Waals surface area contributed by atoms with E-state index in [4.69, 9.17) is 23.2 Å². The van der Waals surface area contributed by atoms with Crippen molar-refractivity contribution in [1.29, 1.82) is 0 Å². The molecule has 1 aliphatic heterocycles. The minimum absolute atomic E-state index is 0.0946. The Balaban J connectivity index is 1.96. The summed E-state index contributed by atoms with van der Waals surface area (Å²) in [6, 6.07) is 0. The lowest BCUT2D eigenvalue weighted by Gasteiger charge is -2.33. The minimum atomic E-state index is 0.0946. The van der Waals surface area contributed by atoms with Crippen LogP contribution >= 0.6 is 23.2 Å². The van der Waals surface area contributed by atoms with Crippen LogP contribution in [-0.2, 0) is 4.79 Å². The van der Waals surface area contributed by atoms with Gasteiger partial charge in [-0.2, -0.15) is 0 Å². The first-order valence-corrected chi connectivity index (χ1v) is 7.70. The van der Waals surface area contributed by atoms with E-state index in [2.05, 4.69) is 22.1 Å². The molecule has 1 saturated heterocycles. The molecule has 0 radical (unpaired) electrons. The van der Waals surface area contributed by atoms with Gasteiger partial charge in [0.2, 0.25) is 5.91 Å². The van der Waals surface area contributed by atoms with Crippen LogP contribution in [-0.4, -0.2) is 30.5 Å². The SMILES string of the molecule is CCCNC(=O)C1CCN(c2c(Cl)cncc2Cl)CC1. The topological polar surface area (TPSA) is 45.2 Å².